The first-order valence-electron chi connectivity index (χ1n) is 9.63. The van der Waals surface area contributed by atoms with Gasteiger partial charge in [0.15, 0.2) is 20.7 Å². The Morgan fingerprint density at radius 2 is 1.54 bits per heavy atom. The van der Waals surface area contributed by atoms with Crippen LogP contribution in [0.4, 0.5) is 8.78 Å². The molecular formula is C20H30F2OSi. The third kappa shape index (κ3) is 4.66. The van der Waals surface area contributed by atoms with Crippen molar-refractivity contribution in [2.45, 2.75) is 69.4 Å². The third-order valence-electron chi connectivity index (χ3n) is 6.37. The number of halogens is 2. The number of hydrogen-bond donors (Lipinski definition) is 0. The van der Waals surface area contributed by atoms with Crippen LogP contribution in [0.25, 0.3) is 0 Å². The first kappa shape index (κ1) is 18.1. The maximum Gasteiger partial charge on any atom is 0.176 e. The largest absolute Gasteiger partial charge is 0.423 e. The average Bonchev–Trinajstić information content (AvgIpc) is 2.63. The molecule has 0 unspecified atom stereocenters. The van der Waals surface area contributed by atoms with Gasteiger partial charge in [-0.1, -0.05) is 31.7 Å². The van der Waals surface area contributed by atoms with Crippen molar-refractivity contribution in [1.82, 2.24) is 0 Å². The van der Waals surface area contributed by atoms with Gasteiger partial charge in [0.25, 0.3) is 0 Å². The van der Waals surface area contributed by atoms with E-state index in [1.54, 1.807) is 6.07 Å². The van der Waals surface area contributed by atoms with Crippen LogP contribution < -0.4 is 0 Å². The number of benzene rings is 1. The lowest BCUT2D eigenvalue weighted by Gasteiger charge is -2.31. The summed E-state index contributed by atoms with van der Waals surface area (Å²) in [7, 11) is 1.08. The fraction of sp³-hybridized carbons (Fsp3) is 0.700. The quantitative estimate of drug-likeness (QED) is 0.609. The van der Waals surface area contributed by atoms with Crippen molar-refractivity contribution in [2.75, 3.05) is 7.11 Å². The molecule has 1 aromatic carbocycles. The minimum absolute atomic E-state index is 0.416. The molecule has 4 heteroatoms. The molecule has 0 radical (unpaired) electrons. The molecule has 1 saturated heterocycles. The van der Waals surface area contributed by atoms with Crippen LogP contribution in [0.2, 0.25) is 12.1 Å². The summed E-state index contributed by atoms with van der Waals surface area (Å²) in [6, 6.07) is 7.17. The highest BCUT2D eigenvalue weighted by molar-refractivity contribution is 6.51. The van der Waals surface area contributed by atoms with Crippen molar-refractivity contribution in [1.29, 1.82) is 0 Å². The minimum atomic E-state index is -0.811. The lowest BCUT2D eigenvalue weighted by atomic mass is 9.76. The van der Waals surface area contributed by atoms with Gasteiger partial charge in [-0.15, -0.1) is 0 Å². The molecule has 2 fully saturated rings. The zero-order valence-electron chi connectivity index (χ0n) is 14.8. The van der Waals surface area contributed by atoms with Crippen LogP contribution in [0, 0.1) is 23.5 Å². The van der Waals surface area contributed by atoms with Crippen LogP contribution in [-0.4, -0.2) is 16.2 Å². The molecule has 0 aromatic heterocycles. The predicted octanol–water partition coefficient (Wildman–Crippen LogP) is 5.80. The Kier molecular flexibility index (Phi) is 6.45. The number of rotatable bonds is 5. The Bertz CT molecular complexity index is 520. The fourth-order valence-corrected chi connectivity index (χ4v) is 7.12. The Morgan fingerprint density at radius 3 is 2.12 bits per heavy atom. The molecule has 0 amide bonds. The van der Waals surface area contributed by atoms with Gasteiger partial charge in [-0.25, -0.2) is 8.78 Å². The van der Waals surface area contributed by atoms with Crippen LogP contribution in [-0.2, 0) is 4.43 Å². The smallest absolute Gasteiger partial charge is 0.176 e. The molecule has 24 heavy (non-hydrogen) atoms. The first-order valence-corrected chi connectivity index (χ1v) is 11.7. The van der Waals surface area contributed by atoms with Crippen LogP contribution in [0.5, 0.6) is 0 Å². The van der Waals surface area contributed by atoms with Crippen molar-refractivity contribution in [3.05, 3.63) is 35.4 Å². The molecule has 3 rings (SSSR count). The van der Waals surface area contributed by atoms with Crippen molar-refractivity contribution in [3.63, 3.8) is 0 Å². The van der Waals surface area contributed by atoms with Gasteiger partial charge >= 0.3 is 0 Å². The van der Waals surface area contributed by atoms with E-state index in [1.807, 2.05) is 7.11 Å². The monoisotopic (exact) mass is 352 g/mol. The van der Waals surface area contributed by atoms with Crippen LogP contribution in [0.3, 0.4) is 0 Å². The van der Waals surface area contributed by atoms with E-state index in [1.165, 1.54) is 62.7 Å². The topological polar surface area (TPSA) is 9.23 Å². The van der Waals surface area contributed by atoms with Gasteiger partial charge in [0, 0.05) is 7.11 Å². The average molecular weight is 353 g/mol. The Balaban J connectivity index is 1.40. The maximum absolute atomic E-state index is 13.4. The fourth-order valence-electron chi connectivity index (χ4n) is 4.68. The van der Waals surface area contributed by atoms with Gasteiger partial charge in [-0.2, -0.15) is 0 Å². The van der Waals surface area contributed by atoms with Gasteiger partial charge in [0.1, 0.15) is 0 Å². The summed E-state index contributed by atoms with van der Waals surface area (Å²) in [5.41, 5.74) is 0.982. The Hall–Kier alpha value is -0.743. The molecule has 1 saturated carbocycles. The maximum atomic E-state index is 13.4. The minimum Gasteiger partial charge on any atom is -0.423 e. The molecule has 2 aliphatic rings. The number of hydrogen-bond acceptors (Lipinski definition) is 1. The molecule has 134 valence electrons. The standard InChI is InChI=1S/C20H30F2OSi/c1-23-24-12-10-16(11-13-24)3-2-15-4-6-17(7-5-15)18-8-9-19(21)20(22)14-18/h8-9,14-17,24H,2-7,10-13H2,1H3. The van der Waals surface area contributed by atoms with E-state index in [-0.39, 0.29) is 0 Å². The summed E-state index contributed by atoms with van der Waals surface area (Å²) in [6.07, 6.45) is 10.2. The van der Waals surface area contributed by atoms with Crippen molar-refractivity contribution in [3.8, 4) is 0 Å². The van der Waals surface area contributed by atoms with Crippen molar-refractivity contribution < 1.29 is 13.2 Å². The van der Waals surface area contributed by atoms with E-state index in [4.69, 9.17) is 4.43 Å². The molecule has 1 aliphatic carbocycles. The van der Waals surface area contributed by atoms with E-state index in [2.05, 4.69) is 0 Å². The van der Waals surface area contributed by atoms with Gasteiger partial charge in [-0.05, 0) is 73.2 Å². The van der Waals surface area contributed by atoms with E-state index in [9.17, 15) is 8.78 Å². The van der Waals surface area contributed by atoms with E-state index in [0.29, 0.717) is 5.92 Å². The van der Waals surface area contributed by atoms with E-state index < -0.39 is 20.7 Å². The third-order valence-corrected chi connectivity index (χ3v) is 8.99. The zero-order chi connectivity index (χ0) is 16.9. The summed E-state index contributed by atoms with van der Waals surface area (Å²) in [5, 5.41) is 0. The summed E-state index contributed by atoms with van der Waals surface area (Å²) < 4.78 is 32.1. The molecule has 0 N–H and O–H groups in total. The lowest BCUT2D eigenvalue weighted by molar-refractivity contribution is 0.276. The molecule has 1 nitrogen and oxygen atoms in total. The Morgan fingerprint density at radius 1 is 0.917 bits per heavy atom. The SMILES string of the molecule is CO[SiH]1CCC(CCC2CCC(c3ccc(F)c(F)c3)CC2)CC1. The van der Waals surface area contributed by atoms with Crippen molar-refractivity contribution in [2.24, 2.45) is 11.8 Å². The first-order chi connectivity index (χ1) is 11.7. The van der Waals surface area contributed by atoms with E-state index in [0.717, 1.165) is 30.2 Å². The summed E-state index contributed by atoms with van der Waals surface area (Å²) in [5.74, 6) is 0.736. The molecular weight excluding hydrogens is 322 g/mol. The second-order valence-corrected chi connectivity index (χ2v) is 10.7. The van der Waals surface area contributed by atoms with Crippen LogP contribution in [0.1, 0.15) is 62.8 Å². The normalized spacial score (nSPS) is 31.1. The zero-order valence-corrected chi connectivity index (χ0v) is 15.9. The Labute approximate surface area is 146 Å². The molecule has 0 atom stereocenters. The molecule has 0 bridgehead atoms. The highest BCUT2D eigenvalue weighted by Crippen LogP contribution is 2.39. The second kappa shape index (κ2) is 8.57. The molecule has 1 aromatic rings. The van der Waals surface area contributed by atoms with Gasteiger partial charge in [0.2, 0.25) is 0 Å². The van der Waals surface area contributed by atoms with Crippen molar-refractivity contribution >= 4 is 9.04 Å². The summed E-state index contributed by atoms with van der Waals surface area (Å²) in [4.78, 5) is 0. The van der Waals surface area contributed by atoms with Gasteiger partial charge in [0.05, 0.1) is 0 Å². The highest BCUT2D eigenvalue weighted by atomic mass is 28.3. The van der Waals surface area contributed by atoms with E-state index >= 15 is 0 Å². The second-order valence-electron chi connectivity index (χ2n) is 7.85. The summed E-state index contributed by atoms with van der Waals surface area (Å²) in [6.45, 7) is 0. The lowest BCUT2D eigenvalue weighted by Crippen LogP contribution is -2.24. The molecule has 1 aliphatic heterocycles. The van der Waals surface area contributed by atoms with Crippen LogP contribution >= 0.6 is 0 Å². The van der Waals surface area contributed by atoms with Crippen LogP contribution in [0.15, 0.2) is 18.2 Å². The summed E-state index contributed by atoms with van der Waals surface area (Å²) >= 11 is 0. The van der Waals surface area contributed by atoms with Gasteiger partial charge in [-0.3, -0.25) is 0 Å². The highest BCUT2D eigenvalue weighted by Gasteiger charge is 2.26. The molecule has 1 heterocycles. The molecule has 0 spiro atoms. The predicted molar refractivity (Wildman–Crippen MR) is 96.8 cm³/mol. The van der Waals surface area contributed by atoms with Gasteiger partial charge < -0.3 is 4.43 Å².